The van der Waals surface area contributed by atoms with Gasteiger partial charge in [0.25, 0.3) is 0 Å². The van der Waals surface area contributed by atoms with E-state index >= 15 is 0 Å². The summed E-state index contributed by atoms with van der Waals surface area (Å²) < 4.78 is 7.29. The first-order valence-corrected chi connectivity index (χ1v) is 9.67. The van der Waals surface area contributed by atoms with Gasteiger partial charge in [-0.25, -0.2) is 0 Å². The van der Waals surface area contributed by atoms with E-state index in [9.17, 15) is 4.79 Å². The Balaban J connectivity index is 1.67. The molecule has 0 aliphatic rings. The van der Waals surface area contributed by atoms with Crippen LogP contribution < -0.4 is 5.32 Å². The third-order valence-electron chi connectivity index (χ3n) is 3.94. The van der Waals surface area contributed by atoms with Crippen molar-refractivity contribution >= 4 is 23.4 Å². The SMILES string of the molecule is C=CCn1c(SCC(=O)Nc2cccc(C(C)C)c2)nnc1-c1ccco1. The second-order valence-corrected chi connectivity index (χ2v) is 7.24. The maximum absolute atomic E-state index is 12.3. The van der Waals surface area contributed by atoms with Crippen LogP contribution in [0.1, 0.15) is 25.3 Å². The van der Waals surface area contributed by atoms with Crippen molar-refractivity contribution in [1.29, 1.82) is 0 Å². The lowest BCUT2D eigenvalue weighted by Gasteiger charge is -2.10. The van der Waals surface area contributed by atoms with E-state index in [2.05, 4.69) is 42.0 Å². The second-order valence-electron chi connectivity index (χ2n) is 6.30. The summed E-state index contributed by atoms with van der Waals surface area (Å²) in [6.45, 7) is 8.56. The summed E-state index contributed by atoms with van der Waals surface area (Å²) in [6.07, 6.45) is 3.35. The molecule has 1 aromatic carbocycles. The van der Waals surface area contributed by atoms with Gasteiger partial charge in [0.05, 0.1) is 12.0 Å². The van der Waals surface area contributed by atoms with E-state index in [1.165, 1.54) is 17.3 Å². The molecule has 0 bridgehead atoms. The minimum absolute atomic E-state index is 0.0893. The number of aromatic nitrogens is 3. The quantitative estimate of drug-likeness (QED) is 0.456. The van der Waals surface area contributed by atoms with Gasteiger partial charge in [-0.3, -0.25) is 9.36 Å². The number of hydrogen-bond donors (Lipinski definition) is 1. The lowest BCUT2D eigenvalue weighted by Crippen LogP contribution is -2.15. The highest BCUT2D eigenvalue weighted by Gasteiger charge is 2.16. The standard InChI is InChI=1S/C20H22N4O2S/c1-4-10-24-19(17-9-6-11-26-17)22-23-20(24)27-13-18(25)21-16-8-5-7-15(12-16)14(2)3/h4-9,11-12,14H,1,10,13H2,2-3H3,(H,21,25). The van der Waals surface area contributed by atoms with Gasteiger partial charge >= 0.3 is 0 Å². The molecule has 0 fully saturated rings. The molecule has 1 N–H and O–H groups in total. The average molecular weight is 382 g/mol. The summed E-state index contributed by atoms with van der Waals surface area (Å²) in [7, 11) is 0. The lowest BCUT2D eigenvalue weighted by molar-refractivity contribution is -0.113. The van der Waals surface area contributed by atoms with Crippen molar-refractivity contribution in [2.75, 3.05) is 11.1 Å². The van der Waals surface area contributed by atoms with Gasteiger partial charge in [-0.05, 0) is 35.7 Å². The van der Waals surface area contributed by atoms with Crippen LogP contribution in [-0.4, -0.2) is 26.4 Å². The molecule has 2 aromatic heterocycles. The zero-order valence-electron chi connectivity index (χ0n) is 15.4. The normalized spacial score (nSPS) is 10.9. The Bertz CT molecular complexity index is 916. The summed E-state index contributed by atoms with van der Waals surface area (Å²) in [6, 6.07) is 11.5. The molecule has 0 unspecified atom stereocenters. The van der Waals surface area contributed by atoms with Crippen molar-refractivity contribution in [3.05, 3.63) is 60.9 Å². The molecule has 0 saturated heterocycles. The van der Waals surface area contributed by atoms with Gasteiger partial charge in [0.2, 0.25) is 11.7 Å². The largest absolute Gasteiger partial charge is 0.461 e. The van der Waals surface area contributed by atoms with E-state index in [-0.39, 0.29) is 11.7 Å². The number of allylic oxidation sites excluding steroid dienone is 1. The Morgan fingerprint density at radius 3 is 2.89 bits per heavy atom. The van der Waals surface area contributed by atoms with Crippen LogP contribution in [0.2, 0.25) is 0 Å². The number of carbonyl (C=O) groups excluding carboxylic acids is 1. The minimum atomic E-state index is -0.0893. The molecule has 0 spiro atoms. The number of benzene rings is 1. The number of carbonyl (C=O) groups is 1. The summed E-state index contributed by atoms with van der Waals surface area (Å²) in [5.74, 6) is 1.81. The van der Waals surface area contributed by atoms with Crippen LogP contribution in [0.15, 0.2) is 64.9 Å². The number of anilines is 1. The van der Waals surface area contributed by atoms with Crippen LogP contribution in [0.25, 0.3) is 11.6 Å². The van der Waals surface area contributed by atoms with Gasteiger partial charge in [-0.1, -0.05) is 43.8 Å². The summed E-state index contributed by atoms with van der Waals surface area (Å²) in [4.78, 5) is 12.3. The fourth-order valence-electron chi connectivity index (χ4n) is 2.58. The molecule has 0 aliphatic carbocycles. The number of hydrogen-bond acceptors (Lipinski definition) is 5. The fourth-order valence-corrected chi connectivity index (χ4v) is 3.33. The van der Waals surface area contributed by atoms with Gasteiger partial charge in [-0.2, -0.15) is 0 Å². The van der Waals surface area contributed by atoms with Crippen LogP contribution in [0.5, 0.6) is 0 Å². The molecule has 3 aromatic rings. The molecule has 0 aliphatic heterocycles. The molecule has 3 rings (SSSR count). The van der Waals surface area contributed by atoms with Crippen LogP contribution in [-0.2, 0) is 11.3 Å². The first-order chi connectivity index (χ1) is 13.1. The Labute approximate surface area is 162 Å². The van der Waals surface area contributed by atoms with Crippen molar-refractivity contribution in [3.63, 3.8) is 0 Å². The molecule has 0 saturated carbocycles. The third-order valence-corrected chi connectivity index (χ3v) is 4.91. The summed E-state index contributed by atoms with van der Waals surface area (Å²) >= 11 is 1.33. The lowest BCUT2D eigenvalue weighted by atomic mass is 10.0. The van der Waals surface area contributed by atoms with Crippen LogP contribution in [0, 0.1) is 0 Å². The van der Waals surface area contributed by atoms with E-state index in [0.29, 0.717) is 29.2 Å². The summed E-state index contributed by atoms with van der Waals surface area (Å²) in [5, 5.41) is 12.0. The maximum atomic E-state index is 12.3. The fraction of sp³-hybridized carbons (Fsp3) is 0.250. The molecule has 7 heteroatoms. The number of amides is 1. The molecule has 140 valence electrons. The molecular formula is C20H22N4O2S. The van der Waals surface area contributed by atoms with Crippen molar-refractivity contribution < 1.29 is 9.21 Å². The van der Waals surface area contributed by atoms with Crippen molar-refractivity contribution in [2.45, 2.75) is 31.5 Å². The summed E-state index contributed by atoms with van der Waals surface area (Å²) in [5.41, 5.74) is 1.99. The van der Waals surface area contributed by atoms with E-state index in [4.69, 9.17) is 4.42 Å². The highest BCUT2D eigenvalue weighted by Crippen LogP contribution is 2.25. The molecule has 27 heavy (non-hydrogen) atoms. The highest BCUT2D eigenvalue weighted by molar-refractivity contribution is 7.99. The van der Waals surface area contributed by atoms with Crippen LogP contribution >= 0.6 is 11.8 Å². The number of thioether (sulfide) groups is 1. The predicted octanol–water partition coefficient (Wildman–Crippen LogP) is 4.58. The highest BCUT2D eigenvalue weighted by atomic mass is 32.2. The van der Waals surface area contributed by atoms with Crippen LogP contribution in [0.4, 0.5) is 5.69 Å². The van der Waals surface area contributed by atoms with Crippen LogP contribution in [0.3, 0.4) is 0 Å². The molecular weight excluding hydrogens is 360 g/mol. The molecule has 1 amide bonds. The predicted molar refractivity (Wildman–Crippen MR) is 108 cm³/mol. The van der Waals surface area contributed by atoms with E-state index < -0.39 is 0 Å². The Kier molecular flexibility index (Phi) is 6.13. The maximum Gasteiger partial charge on any atom is 0.234 e. The van der Waals surface area contributed by atoms with E-state index in [0.717, 1.165) is 5.69 Å². The topological polar surface area (TPSA) is 73.0 Å². The average Bonchev–Trinajstić information content (AvgIpc) is 3.30. The van der Waals surface area contributed by atoms with Gasteiger partial charge in [0, 0.05) is 12.2 Å². The molecule has 0 radical (unpaired) electrons. The molecule has 6 nitrogen and oxygen atoms in total. The number of nitrogens with one attached hydrogen (secondary N) is 1. The molecule has 2 heterocycles. The van der Waals surface area contributed by atoms with Crippen molar-refractivity contribution in [2.24, 2.45) is 0 Å². The van der Waals surface area contributed by atoms with E-state index in [1.54, 1.807) is 18.4 Å². The Hall–Kier alpha value is -2.80. The second kappa shape index (κ2) is 8.73. The number of rotatable bonds is 8. The number of nitrogens with zero attached hydrogens (tertiary/aromatic N) is 3. The zero-order valence-corrected chi connectivity index (χ0v) is 16.2. The smallest absolute Gasteiger partial charge is 0.234 e. The van der Waals surface area contributed by atoms with Gasteiger partial charge in [-0.15, -0.1) is 16.8 Å². The van der Waals surface area contributed by atoms with Crippen molar-refractivity contribution in [1.82, 2.24) is 14.8 Å². The van der Waals surface area contributed by atoms with Gasteiger partial charge in [0.15, 0.2) is 10.9 Å². The first kappa shape index (κ1) is 19.0. The third kappa shape index (κ3) is 4.68. The van der Waals surface area contributed by atoms with Gasteiger partial charge in [0.1, 0.15) is 0 Å². The van der Waals surface area contributed by atoms with Crippen molar-refractivity contribution in [3.8, 4) is 11.6 Å². The Morgan fingerprint density at radius 1 is 1.33 bits per heavy atom. The first-order valence-electron chi connectivity index (χ1n) is 8.69. The number of furan rings is 1. The molecule has 0 atom stereocenters. The van der Waals surface area contributed by atoms with E-state index in [1.807, 2.05) is 28.8 Å². The Morgan fingerprint density at radius 2 is 2.19 bits per heavy atom. The zero-order chi connectivity index (χ0) is 19.2. The minimum Gasteiger partial charge on any atom is -0.461 e. The monoisotopic (exact) mass is 382 g/mol. The van der Waals surface area contributed by atoms with Gasteiger partial charge < -0.3 is 9.73 Å².